The molecule has 3 nitrogen and oxygen atoms in total. The van der Waals surface area contributed by atoms with E-state index in [2.05, 4.69) is 20.9 Å². The molecule has 86 valence electrons. The van der Waals surface area contributed by atoms with Crippen LogP contribution in [0.25, 0.3) is 0 Å². The second-order valence-corrected chi connectivity index (χ2v) is 5.14. The maximum atomic E-state index is 11.0. The van der Waals surface area contributed by atoms with Crippen LogP contribution in [-0.2, 0) is 4.79 Å². The third-order valence-corrected chi connectivity index (χ3v) is 3.56. The van der Waals surface area contributed by atoms with Gasteiger partial charge in [-0.3, -0.25) is 0 Å². The maximum Gasteiger partial charge on any atom is 0.143 e. The number of anilines is 1. The predicted octanol–water partition coefficient (Wildman–Crippen LogP) is 3.06. The van der Waals surface area contributed by atoms with Crippen molar-refractivity contribution in [3.8, 4) is 0 Å². The summed E-state index contributed by atoms with van der Waals surface area (Å²) in [7, 11) is 0. The van der Waals surface area contributed by atoms with Gasteiger partial charge in [-0.2, -0.15) is 0 Å². The van der Waals surface area contributed by atoms with Gasteiger partial charge in [0, 0.05) is 12.7 Å². The van der Waals surface area contributed by atoms with Crippen LogP contribution in [0.3, 0.4) is 0 Å². The molecule has 16 heavy (non-hydrogen) atoms. The smallest absolute Gasteiger partial charge is 0.143 e. The van der Waals surface area contributed by atoms with Crippen LogP contribution in [0.5, 0.6) is 0 Å². The Morgan fingerprint density at radius 1 is 1.56 bits per heavy atom. The average molecular weight is 304 g/mol. The van der Waals surface area contributed by atoms with Crippen molar-refractivity contribution in [3.63, 3.8) is 0 Å². The summed E-state index contributed by atoms with van der Waals surface area (Å²) in [5.74, 6) is 0.807. The van der Waals surface area contributed by atoms with Gasteiger partial charge >= 0.3 is 0 Å². The minimum Gasteiger partial charge on any atom is -0.346 e. The summed E-state index contributed by atoms with van der Waals surface area (Å²) in [6, 6.07) is 1.75. The van der Waals surface area contributed by atoms with Crippen molar-refractivity contribution in [1.82, 2.24) is 4.98 Å². The lowest BCUT2D eigenvalue weighted by Gasteiger charge is -2.33. The van der Waals surface area contributed by atoms with Crippen LogP contribution in [0.4, 0.5) is 5.82 Å². The Bertz CT molecular complexity index is 400. The summed E-state index contributed by atoms with van der Waals surface area (Å²) in [6.45, 7) is 0.872. The predicted molar refractivity (Wildman–Crippen MR) is 68.0 cm³/mol. The van der Waals surface area contributed by atoms with Crippen LogP contribution >= 0.6 is 27.5 Å². The Kier molecular flexibility index (Phi) is 3.82. The second-order valence-electron chi connectivity index (χ2n) is 3.85. The SMILES string of the molecule is O=CC1CCCCN1c1ncc(Cl)cc1Br. The normalized spacial score (nSPS) is 20.9. The summed E-state index contributed by atoms with van der Waals surface area (Å²) >= 11 is 9.28. The summed E-state index contributed by atoms with van der Waals surface area (Å²) in [6.07, 6.45) is 5.71. The highest BCUT2D eigenvalue weighted by Gasteiger charge is 2.24. The lowest BCUT2D eigenvalue weighted by molar-refractivity contribution is -0.109. The molecule has 1 fully saturated rings. The molecule has 1 aliphatic heterocycles. The highest BCUT2D eigenvalue weighted by molar-refractivity contribution is 9.10. The molecule has 2 rings (SSSR count). The van der Waals surface area contributed by atoms with E-state index in [1.54, 1.807) is 12.3 Å². The van der Waals surface area contributed by atoms with Crippen molar-refractivity contribution in [2.24, 2.45) is 0 Å². The summed E-state index contributed by atoms with van der Waals surface area (Å²) in [4.78, 5) is 17.3. The largest absolute Gasteiger partial charge is 0.346 e. The first-order valence-corrected chi connectivity index (χ1v) is 6.42. The molecule has 5 heteroatoms. The molecule has 2 heterocycles. The molecule has 0 saturated carbocycles. The molecule has 1 aromatic rings. The molecule has 0 aromatic carbocycles. The van der Waals surface area contributed by atoms with E-state index in [0.717, 1.165) is 42.4 Å². The fourth-order valence-electron chi connectivity index (χ4n) is 1.98. The number of aldehydes is 1. The molecule has 1 aliphatic rings. The number of nitrogens with zero attached hydrogens (tertiary/aromatic N) is 2. The summed E-state index contributed by atoms with van der Waals surface area (Å²) in [5, 5.41) is 0.593. The van der Waals surface area contributed by atoms with Crippen LogP contribution in [0.15, 0.2) is 16.7 Å². The number of halogens is 2. The number of hydrogen-bond acceptors (Lipinski definition) is 3. The first-order chi connectivity index (χ1) is 7.72. The molecule has 1 aromatic heterocycles. The Hall–Kier alpha value is -0.610. The van der Waals surface area contributed by atoms with E-state index in [-0.39, 0.29) is 6.04 Å². The van der Waals surface area contributed by atoms with Crippen molar-refractivity contribution in [3.05, 3.63) is 21.8 Å². The Balaban J connectivity index is 2.30. The molecule has 1 unspecified atom stereocenters. The van der Waals surface area contributed by atoms with E-state index >= 15 is 0 Å². The van der Waals surface area contributed by atoms with Gasteiger partial charge in [0.05, 0.1) is 15.5 Å². The number of piperidine rings is 1. The first kappa shape index (κ1) is 11.9. The van der Waals surface area contributed by atoms with Crippen LogP contribution in [0, 0.1) is 0 Å². The number of rotatable bonds is 2. The van der Waals surface area contributed by atoms with Gasteiger partial charge in [-0.15, -0.1) is 0 Å². The summed E-state index contributed by atoms with van der Waals surface area (Å²) < 4.78 is 0.841. The Morgan fingerprint density at radius 2 is 2.38 bits per heavy atom. The van der Waals surface area contributed by atoms with E-state index in [9.17, 15) is 4.79 Å². The van der Waals surface area contributed by atoms with Crippen LogP contribution in [0.2, 0.25) is 5.02 Å². The third kappa shape index (κ3) is 2.38. The third-order valence-electron chi connectivity index (χ3n) is 2.77. The van der Waals surface area contributed by atoms with Gasteiger partial charge in [0.25, 0.3) is 0 Å². The molecule has 0 aliphatic carbocycles. The molecule has 0 N–H and O–H groups in total. The van der Waals surface area contributed by atoms with Crippen molar-refractivity contribution >= 4 is 39.6 Å². The zero-order valence-corrected chi connectivity index (χ0v) is 11.0. The molecule has 0 bridgehead atoms. The van der Waals surface area contributed by atoms with E-state index in [1.807, 2.05) is 4.90 Å². The van der Waals surface area contributed by atoms with Gasteiger partial charge in [0.15, 0.2) is 0 Å². The molecule has 0 amide bonds. The van der Waals surface area contributed by atoms with Gasteiger partial charge in [-0.25, -0.2) is 4.98 Å². The van der Waals surface area contributed by atoms with Crippen molar-refractivity contribution in [2.75, 3.05) is 11.4 Å². The fraction of sp³-hybridized carbons (Fsp3) is 0.455. The number of aromatic nitrogens is 1. The van der Waals surface area contributed by atoms with E-state index in [4.69, 9.17) is 11.6 Å². The topological polar surface area (TPSA) is 33.2 Å². The van der Waals surface area contributed by atoms with E-state index in [1.165, 1.54) is 0 Å². The van der Waals surface area contributed by atoms with E-state index in [0.29, 0.717) is 5.02 Å². The molecular formula is C11H12BrClN2O. The highest BCUT2D eigenvalue weighted by Crippen LogP contribution is 2.30. The zero-order valence-electron chi connectivity index (χ0n) is 8.70. The first-order valence-electron chi connectivity index (χ1n) is 5.25. The lowest BCUT2D eigenvalue weighted by atomic mass is 10.0. The molecule has 0 spiro atoms. The number of pyridine rings is 1. The average Bonchev–Trinajstić information content (AvgIpc) is 2.29. The van der Waals surface area contributed by atoms with Gasteiger partial charge in [0.1, 0.15) is 12.1 Å². The summed E-state index contributed by atoms with van der Waals surface area (Å²) in [5.41, 5.74) is 0. The second kappa shape index (κ2) is 5.15. The minimum atomic E-state index is -0.0567. The van der Waals surface area contributed by atoms with Crippen LogP contribution in [0.1, 0.15) is 19.3 Å². The number of carbonyl (C=O) groups excluding carboxylic acids is 1. The molecule has 0 radical (unpaired) electrons. The quantitative estimate of drug-likeness (QED) is 0.787. The number of hydrogen-bond donors (Lipinski definition) is 0. The van der Waals surface area contributed by atoms with Gasteiger partial charge in [0.2, 0.25) is 0 Å². The maximum absolute atomic E-state index is 11.0. The molecular weight excluding hydrogens is 291 g/mol. The monoisotopic (exact) mass is 302 g/mol. The van der Waals surface area contributed by atoms with Crippen molar-refractivity contribution in [2.45, 2.75) is 25.3 Å². The molecule has 1 atom stereocenters. The zero-order chi connectivity index (χ0) is 11.5. The van der Waals surface area contributed by atoms with Crippen LogP contribution < -0.4 is 4.90 Å². The molecule has 1 saturated heterocycles. The van der Waals surface area contributed by atoms with Gasteiger partial charge in [-0.1, -0.05) is 11.6 Å². The Labute approximate surface area is 108 Å². The fourth-order valence-corrected chi connectivity index (χ4v) is 2.85. The van der Waals surface area contributed by atoms with Gasteiger partial charge < -0.3 is 9.69 Å². The van der Waals surface area contributed by atoms with E-state index < -0.39 is 0 Å². The number of carbonyl (C=O) groups is 1. The van der Waals surface area contributed by atoms with Crippen molar-refractivity contribution < 1.29 is 4.79 Å². The Morgan fingerprint density at radius 3 is 3.06 bits per heavy atom. The van der Waals surface area contributed by atoms with Crippen molar-refractivity contribution in [1.29, 1.82) is 0 Å². The standard InChI is InChI=1S/C11H12BrClN2O/c12-10-5-8(13)6-14-11(10)15-4-2-1-3-9(15)7-16/h5-7,9H,1-4H2. The van der Waals surface area contributed by atoms with Crippen LogP contribution in [-0.4, -0.2) is 23.9 Å². The minimum absolute atomic E-state index is 0.0567. The van der Waals surface area contributed by atoms with Gasteiger partial charge in [-0.05, 0) is 41.3 Å². The lowest BCUT2D eigenvalue weighted by Crippen LogP contribution is -2.41. The highest BCUT2D eigenvalue weighted by atomic mass is 79.9.